The van der Waals surface area contributed by atoms with Crippen LogP contribution in [0.1, 0.15) is 6.42 Å². The Hall–Kier alpha value is 0.624. The van der Waals surface area contributed by atoms with E-state index >= 15 is 0 Å². The summed E-state index contributed by atoms with van der Waals surface area (Å²) in [6.45, 7) is 0.909. The summed E-state index contributed by atoms with van der Waals surface area (Å²) in [6.07, 6.45) is 1.05. The summed E-state index contributed by atoms with van der Waals surface area (Å²) in [5, 5.41) is 0. The first kappa shape index (κ1) is 6.74. The van der Waals surface area contributed by atoms with Crippen molar-refractivity contribution in [3.63, 3.8) is 0 Å². The van der Waals surface area contributed by atoms with Gasteiger partial charge in [-0.3, -0.25) is 0 Å². The first-order valence-electron chi connectivity index (χ1n) is 2.53. The molecule has 8 heavy (non-hydrogen) atoms. The average molecular weight is 170 g/mol. The van der Waals surface area contributed by atoms with Gasteiger partial charge >= 0.3 is 55.3 Å². The molecule has 0 aromatic heterocycles. The van der Waals surface area contributed by atoms with E-state index in [1.54, 1.807) is 0 Å². The minimum absolute atomic E-state index is 0.699. The van der Waals surface area contributed by atoms with Gasteiger partial charge in [-0.1, -0.05) is 0 Å². The molecule has 1 rings (SSSR count). The van der Waals surface area contributed by atoms with Crippen molar-refractivity contribution in [2.75, 3.05) is 12.3 Å². The standard InChI is InChI=1S/C3H7NS.2O.Ti/c1-2-4-5-3-1;;;/h4H,1-3H2;;;/q;;;-1/p+1. The van der Waals surface area contributed by atoms with Crippen molar-refractivity contribution in [1.29, 1.82) is 0 Å². The van der Waals surface area contributed by atoms with Crippen LogP contribution >= 0.6 is 8.67 Å². The van der Waals surface area contributed by atoms with Crippen LogP contribution in [0.2, 0.25) is 0 Å². The number of thiol groups is 1. The normalized spacial score (nSPS) is 32.8. The van der Waals surface area contributed by atoms with Crippen molar-refractivity contribution >= 4 is 8.67 Å². The van der Waals surface area contributed by atoms with Gasteiger partial charge in [0.2, 0.25) is 0 Å². The summed E-state index contributed by atoms with van der Waals surface area (Å²) in [4.78, 5) is 0. The summed E-state index contributed by atoms with van der Waals surface area (Å²) < 4.78 is 23.6. The van der Waals surface area contributed by atoms with Crippen LogP contribution in [0.25, 0.3) is 0 Å². The number of rotatable bonds is 1. The summed E-state index contributed by atoms with van der Waals surface area (Å²) in [5.74, 6) is 0.900. The van der Waals surface area contributed by atoms with Gasteiger partial charge in [0.15, 0.2) is 0 Å². The maximum atomic E-state index is 10.3. The van der Waals surface area contributed by atoms with Crippen LogP contribution in [0.15, 0.2) is 0 Å². The summed E-state index contributed by atoms with van der Waals surface area (Å²) in [7, 11) is -0.699. The van der Waals surface area contributed by atoms with E-state index in [1.807, 2.05) is 0 Å². The Bertz CT molecular complexity index is 132. The van der Waals surface area contributed by atoms with Crippen molar-refractivity contribution < 1.29 is 23.2 Å². The molecular weight excluding hydrogens is 162 g/mol. The quantitative estimate of drug-likeness (QED) is 0.434. The molecule has 0 radical (unpaired) electrons. The third-order valence-electron chi connectivity index (χ3n) is 1.08. The number of nitrogens with one attached hydrogen (secondary N) is 1. The van der Waals surface area contributed by atoms with Crippen molar-refractivity contribution in [2.24, 2.45) is 0 Å². The second-order valence-corrected chi connectivity index (χ2v) is 8.16. The molecule has 47 valence electrons. The van der Waals surface area contributed by atoms with Gasteiger partial charge in [0.1, 0.15) is 0 Å². The van der Waals surface area contributed by atoms with Gasteiger partial charge in [-0.15, -0.1) is 0 Å². The first-order valence-corrected chi connectivity index (χ1v) is 7.42. The van der Waals surface area contributed by atoms with Gasteiger partial charge in [-0.25, -0.2) is 0 Å². The fourth-order valence-corrected chi connectivity index (χ4v) is 4.78. The molecule has 3 nitrogen and oxygen atoms in total. The number of hydrogen-bond donors (Lipinski definition) is 2. The van der Waals surface area contributed by atoms with Crippen molar-refractivity contribution in [2.45, 2.75) is 6.42 Å². The molecule has 1 unspecified atom stereocenters. The molecule has 1 N–H and O–H groups in total. The fourth-order valence-electron chi connectivity index (χ4n) is 0.686. The van der Waals surface area contributed by atoms with Crippen LogP contribution in [0.4, 0.5) is 0 Å². The molecule has 1 aliphatic rings. The SMILES string of the molecule is [O]=[Ti](=[O])[SH]1CCCN1. The van der Waals surface area contributed by atoms with Crippen LogP contribution < -0.4 is 4.72 Å². The molecule has 5 heteroatoms. The minimum atomic E-state index is -3.00. The molecule has 0 aliphatic carbocycles. The maximum absolute atomic E-state index is 10.3. The predicted molar refractivity (Wildman–Crippen MR) is 27.8 cm³/mol. The second kappa shape index (κ2) is 2.96. The van der Waals surface area contributed by atoms with Crippen molar-refractivity contribution in [3.05, 3.63) is 0 Å². The molecule has 1 aliphatic heterocycles. The Labute approximate surface area is 55.4 Å². The molecule has 0 bridgehead atoms. The van der Waals surface area contributed by atoms with E-state index in [-0.39, 0.29) is 0 Å². The molecule has 1 heterocycles. The Morgan fingerprint density at radius 2 is 2.25 bits per heavy atom. The van der Waals surface area contributed by atoms with E-state index in [1.165, 1.54) is 0 Å². The molecule has 0 saturated carbocycles. The molecule has 0 aromatic carbocycles. The third kappa shape index (κ3) is 1.55. The molecule has 1 saturated heterocycles. The van der Waals surface area contributed by atoms with Crippen molar-refractivity contribution in [3.8, 4) is 0 Å². The fraction of sp³-hybridized carbons (Fsp3) is 1.00. The van der Waals surface area contributed by atoms with Crippen LogP contribution in [-0.2, 0) is 23.2 Å². The van der Waals surface area contributed by atoms with Gasteiger partial charge in [-0.2, -0.15) is 0 Å². The van der Waals surface area contributed by atoms with Gasteiger partial charge < -0.3 is 0 Å². The third-order valence-corrected chi connectivity index (χ3v) is 6.74. The molecule has 1 fully saturated rings. The van der Waals surface area contributed by atoms with E-state index in [4.69, 9.17) is 0 Å². The Morgan fingerprint density at radius 1 is 1.50 bits per heavy atom. The second-order valence-electron chi connectivity index (χ2n) is 1.68. The zero-order chi connectivity index (χ0) is 5.98. The Kier molecular flexibility index (Phi) is 2.50. The van der Waals surface area contributed by atoms with Gasteiger partial charge in [-0.05, 0) is 0 Å². The molecular formula is C3H8NO2STi. The zero-order valence-electron chi connectivity index (χ0n) is 4.39. The first-order chi connectivity index (χ1) is 3.80. The molecule has 0 amide bonds. The van der Waals surface area contributed by atoms with Gasteiger partial charge in [0.05, 0.1) is 0 Å². The van der Waals surface area contributed by atoms with Gasteiger partial charge in [0.25, 0.3) is 0 Å². The monoisotopic (exact) mass is 170 g/mol. The van der Waals surface area contributed by atoms with Gasteiger partial charge in [0, 0.05) is 0 Å². The predicted octanol–water partition coefficient (Wildman–Crippen LogP) is 0.120. The Morgan fingerprint density at radius 3 is 2.50 bits per heavy atom. The summed E-state index contributed by atoms with van der Waals surface area (Å²) in [5.41, 5.74) is 0. The van der Waals surface area contributed by atoms with Crippen LogP contribution in [0.3, 0.4) is 0 Å². The summed E-state index contributed by atoms with van der Waals surface area (Å²) in [6, 6.07) is 0. The summed E-state index contributed by atoms with van der Waals surface area (Å²) >= 11 is -3.00. The van der Waals surface area contributed by atoms with Crippen LogP contribution in [0.5, 0.6) is 0 Å². The van der Waals surface area contributed by atoms with E-state index in [2.05, 4.69) is 4.72 Å². The van der Waals surface area contributed by atoms with Crippen molar-refractivity contribution in [1.82, 2.24) is 4.72 Å². The molecule has 0 aromatic rings. The van der Waals surface area contributed by atoms with Crippen LogP contribution in [-0.4, -0.2) is 12.3 Å². The number of hydrogen-bond acceptors (Lipinski definition) is 3. The van der Waals surface area contributed by atoms with Crippen LogP contribution in [0, 0.1) is 0 Å². The Balaban J connectivity index is 2.47. The molecule has 1 atom stereocenters. The van der Waals surface area contributed by atoms with E-state index in [9.17, 15) is 6.65 Å². The topological polar surface area (TPSA) is 46.2 Å². The molecule has 0 spiro atoms. The van der Waals surface area contributed by atoms with E-state index in [0.29, 0.717) is 0 Å². The average Bonchev–Trinajstić information content (AvgIpc) is 2.12. The van der Waals surface area contributed by atoms with E-state index < -0.39 is 25.2 Å². The zero-order valence-corrected chi connectivity index (χ0v) is 6.84. The van der Waals surface area contributed by atoms with E-state index in [0.717, 1.165) is 18.7 Å².